The van der Waals surface area contributed by atoms with Gasteiger partial charge in [0, 0.05) is 24.8 Å². The summed E-state index contributed by atoms with van der Waals surface area (Å²) in [4.78, 5) is 24.4. The number of thiophene rings is 1. The molecule has 1 aromatic heterocycles. The zero-order valence-corrected chi connectivity index (χ0v) is 15.6. The van der Waals surface area contributed by atoms with Crippen LogP contribution in [0.4, 0.5) is 0 Å². The van der Waals surface area contributed by atoms with Crippen LogP contribution in [-0.2, 0) is 9.59 Å². The lowest BCUT2D eigenvalue weighted by molar-refractivity contribution is -0.137. The molecule has 0 radical (unpaired) electrons. The van der Waals surface area contributed by atoms with Gasteiger partial charge in [-0.05, 0) is 23.9 Å². The highest BCUT2D eigenvalue weighted by Gasteiger charge is 2.35. The molecule has 7 nitrogen and oxygen atoms in total. The Balaban J connectivity index is 1.90. The fourth-order valence-electron chi connectivity index (χ4n) is 3.11. The smallest absolute Gasteiger partial charge is 0.303 e. The topological polar surface area (TPSA) is 99.4 Å². The predicted molar refractivity (Wildman–Crippen MR) is 101 cm³/mol. The lowest BCUT2D eigenvalue weighted by Gasteiger charge is -2.24. The first kappa shape index (κ1) is 18.9. The molecule has 27 heavy (non-hydrogen) atoms. The normalized spacial score (nSPS) is 16.3. The monoisotopic (exact) mass is 388 g/mol. The molecular formula is C19H20N2O5S. The molecule has 1 aliphatic rings. The van der Waals surface area contributed by atoms with E-state index in [1.54, 1.807) is 12.1 Å². The summed E-state index contributed by atoms with van der Waals surface area (Å²) in [5.41, 5.74) is 1.45. The van der Waals surface area contributed by atoms with Crippen LogP contribution in [0.2, 0.25) is 0 Å². The van der Waals surface area contributed by atoms with E-state index in [-0.39, 0.29) is 30.9 Å². The summed E-state index contributed by atoms with van der Waals surface area (Å²) in [6.45, 7) is 0. The second-order valence-electron chi connectivity index (χ2n) is 6.13. The number of aromatic hydroxyl groups is 1. The van der Waals surface area contributed by atoms with Crippen molar-refractivity contribution in [2.75, 3.05) is 7.11 Å². The van der Waals surface area contributed by atoms with Crippen LogP contribution >= 0.6 is 11.3 Å². The molecule has 0 fully saturated rings. The minimum atomic E-state index is -0.932. The van der Waals surface area contributed by atoms with E-state index in [4.69, 9.17) is 9.84 Å². The number of para-hydroxylation sites is 1. The SMILES string of the molecule is COc1c(O)cccc1C1CC(c2cccs2)=NN1C(=O)CCCC(=O)O. The Bertz CT molecular complexity index is 863. The number of nitrogens with zero attached hydrogens (tertiary/aromatic N) is 2. The lowest BCUT2D eigenvalue weighted by atomic mass is 9.99. The molecule has 0 bridgehead atoms. The Kier molecular flexibility index (Phi) is 5.75. The van der Waals surface area contributed by atoms with Gasteiger partial charge in [-0.15, -0.1) is 11.3 Å². The first-order chi connectivity index (χ1) is 13.0. The number of benzene rings is 1. The van der Waals surface area contributed by atoms with Gasteiger partial charge >= 0.3 is 5.97 Å². The first-order valence-electron chi connectivity index (χ1n) is 8.52. The molecule has 1 aliphatic heterocycles. The summed E-state index contributed by atoms with van der Waals surface area (Å²) < 4.78 is 5.34. The van der Waals surface area contributed by atoms with E-state index in [1.807, 2.05) is 17.5 Å². The summed E-state index contributed by atoms with van der Waals surface area (Å²) in [6.07, 6.45) is 0.760. The van der Waals surface area contributed by atoms with Crippen molar-refractivity contribution in [1.29, 1.82) is 0 Å². The second-order valence-corrected chi connectivity index (χ2v) is 7.08. The van der Waals surface area contributed by atoms with Gasteiger partial charge in [0.05, 0.1) is 23.7 Å². The third kappa shape index (κ3) is 4.11. The quantitative estimate of drug-likeness (QED) is 0.757. The number of phenols is 1. The van der Waals surface area contributed by atoms with Gasteiger partial charge in [0.2, 0.25) is 5.91 Å². The number of phenolic OH excluding ortho intramolecular Hbond substituents is 1. The van der Waals surface area contributed by atoms with E-state index in [1.165, 1.54) is 29.5 Å². The van der Waals surface area contributed by atoms with Crippen molar-refractivity contribution in [3.8, 4) is 11.5 Å². The Morgan fingerprint density at radius 3 is 2.78 bits per heavy atom. The van der Waals surface area contributed by atoms with Gasteiger partial charge < -0.3 is 14.9 Å². The van der Waals surface area contributed by atoms with Crippen molar-refractivity contribution in [2.45, 2.75) is 31.7 Å². The van der Waals surface area contributed by atoms with Gasteiger partial charge in [0.15, 0.2) is 11.5 Å². The number of aliphatic carboxylic acids is 1. The zero-order valence-electron chi connectivity index (χ0n) is 14.8. The van der Waals surface area contributed by atoms with E-state index in [2.05, 4.69) is 5.10 Å². The minimum Gasteiger partial charge on any atom is -0.504 e. The largest absolute Gasteiger partial charge is 0.504 e. The molecule has 0 spiro atoms. The van der Waals surface area contributed by atoms with Crippen LogP contribution in [0.1, 0.15) is 42.2 Å². The molecule has 1 atom stereocenters. The molecule has 1 unspecified atom stereocenters. The summed E-state index contributed by atoms with van der Waals surface area (Å²) in [6, 6.07) is 8.47. The number of carboxylic acid groups (broad SMARTS) is 1. The minimum absolute atomic E-state index is 0.00199. The van der Waals surface area contributed by atoms with Gasteiger partial charge in [-0.2, -0.15) is 5.10 Å². The average Bonchev–Trinajstić information content (AvgIpc) is 3.30. The van der Waals surface area contributed by atoms with Gasteiger partial charge in [0.1, 0.15) is 0 Å². The first-order valence-corrected chi connectivity index (χ1v) is 9.40. The van der Waals surface area contributed by atoms with Crippen LogP contribution in [0, 0.1) is 0 Å². The van der Waals surface area contributed by atoms with Crippen molar-refractivity contribution in [3.63, 3.8) is 0 Å². The number of carbonyl (C=O) groups is 2. The van der Waals surface area contributed by atoms with Crippen LogP contribution in [0.5, 0.6) is 11.5 Å². The third-order valence-corrected chi connectivity index (χ3v) is 5.26. The maximum Gasteiger partial charge on any atom is 0.303 e. The summed E-state index contributed by atoms with van der Waals surface area (Å²) in [5, 5.41) is 26.8. The third-order valence-electron chi connectivity index (χ3n) is 4.34. The van der Waals surface area contributed by atoms with Crippen LogP contribution in [0.15, 0.2) is 40.8 Å². The fourth-order valence-corrected chi connectivity index (χ4v) is 3.83. The molecule has 0 saturated heterocycles. The average molecular weight is 388 g/mol. The van der Waals surface area contributed by atoms with Crippen LogP contribution in [0.25, 0.3) is 0 Å². The van der Waals surface area contributed by atoms with Crippen molar-refractivity contribution in [2.24, 2.45) is 5.10 Å². The van der Waals surface area contributed by atoms with Crippen molar-refractivity contribution >= 4 is 28.9 Å². The van der Waals surface area contributed by atoms with Crippen molar-refractivity contribution in [3.05, 3.63) is 46.2 Å². The number of hydrazone groups is 1. The number of carboxylic acids is 1. The zero-order chi connectivity index (χ0) is 19.4. The molecule has 0 aliphatic carbocycles. The maximum atomic E-state index is 12.7. The molecule has 142 valence electrons. The molecule has 2 heterocycles. The Labute approximate surface area is 160 Å². The number of methoxy groups -OCH3 is 1. The van der Waals surface area contributed by atoms with Gasteiger partial charge in [-0.3, -0.25) is 9.59 Å². The molecule has 3 rings (SSSR count). The lowest BCUT2D eigenvalue weighted by Crippen LogP contribution is -2.27. The molecule has 1 aromatic carbocycles. The van der Waals surface area contributed by atoms with Crippen molar-refractivity contribution in [1.82, 2.24) is 5.01 Å². The number of hydrogen-bond donors (Lipinski definition) is 2. The number of amides is 1. The van der Waals surface area contributed by atoms with E-state index in [9.17, 15) is 14.7 Å². The second kappa shape index (κ2) is 8.22. The molecular weight excluding hydrogens is 368 g/mol. The van der Waals surface area contributed by atoms with Crippen LogP contribution in [-0.4, -0.2) is 39.9 Å². The molecule has 2 N–H and O–H groups in total. The van der Waals surface area contributed by atoms with Crippen molar-refractivity contribution < 1.29 is 24.5 Å². The Hall–Kier alpha value is -2.87. The fraction of sp³-hybridized carbons (Fsp3) is 0.316. The Morgan fingerprint density at radius 2 is 2.11 bits per heavy atom. The van der Waals surface area contributed by atoms with Gasteiger partial charge in [-0.25, -0.2) is 5.01 Å². The van der Waals surface area contributed by atoms with E-state index in [0.29, 0.717) is 17.7 Å². The summed E-state index contributed by atoms with van der Waals surface area (Å²) in [5.74, 6) is -0.872. The molecule has 0 saturated carbocycles. The van der Waals surface area contributed by atoms with Gasteiger partial charge in [-0.1, -0.05) is 18.2 Å². The Morgan fingerprint density at radius 1 is 1.30 bits per heavy atom. The predicted octanol–water partition coefficient (Wildman–Crippen LogP) is 3.39. The molecule has 1 amide bonds. The number of carbonyl (C=O) groups excluding carboxylic acids is 1. The van der Waals surface area contributed by atoms with Gasteiger partial charge in [0.25, 0.3) is 0 Å². The number of rotatable bonds is 7. The maximum absolute atomic E-state index is 12.7. The number of hydrogen-bond acceptors (Lipinski definition) is 6. The van der Waals surface area contributed by atoms with Crippen LogP contribution in [0.3, 0.4) is 0 Å². The van der Waals surface area contributed by atoms with Crippen LogP contribution < -0.4 is 4.74 Å². The van der Waals surface area contributed by atoms with E-state index >= 15 is 0 Å². The summed E-state index contributed by atoms with van der Waals surface area (Å²) >= 11 is 1.54. The molecule has 8 heteroatoms. The standard InChI is InChI=1S/C19H20N2O5S/c1-26-19-12(5-2-6-15(19)22)14-11-13(16-7-4-10-27-16)20-21(14)17(23)8-3-9-18(24)25/h2,4-7,10,14,22H,3,8-9,11H2,1H3,(H,24,25). The molecule has 2 aromatic rings. The van der Waals surface area contributed by atoms with E-state index in [0.717, 1.165) is 10.6 Å². The summed E-state index contributed by atoms with van der Waals surface area (Å²) in [7, 11) is 1.47. The highest BCUT2D eigenvalue weighted by atomic mass is 32.1. The highest BCUT2D eigenvalue weighted by Crippen LogP contribution is 2.41. The highest BCUT2D eigenvalue weighted by molar-refractivity contribution is 7.12. The van der Waals surface area contributed by atoms with E-state index < -0.39 is 12.0 Å². The number of ether oxygens (including phenoxy) is 1.